The fourth-order valence-corrected chi connectivity index (χ4v) is 1.95. The number of benzene rings is 1. The van der Waals surface area contributed by atoms with Gasteiger partial charge in [0.15, 0.2) is 0 Å². The SMILES string of the molecule is CC(C)[C@H](NC(=O)[C@H](C)N)C(=O)N[C@@H](C)C(=O)NNc1ccccc1. The van der Waals surface area contributed by atoms with E-state index in [1.807, 2.05) is 18.2 Å². The van der Waals surface area contributed by atoms with Gasteiger partial charge in [0.05, 0.1) is 11.7 Å². The number of hydrazine groups is 1. The van der Waals surface area contributed by atoms with Gasteiger partial charge in [-0.05, 0) is 31.9 Å². The molecule has 3 atom stereocenters. The van der Waals surface area contributed by atoms with Crippen molar-refractivity contribution in [2.45, 2.75) is 45.8 Å². The van der Waals surface area contributed by atoms with E-state index in [-0.39, 0.29) is 5.92 Å². The first-order valence-corrected chi connectivity index (χ1v) is 8.19. The largest absolute Gasteiger partial charge is 0.343 e. The summed E-state index contributed by atoms with van der Waals surface area (Å²) in [4.78, 5) is 36.2. The first-order chi connectivity index (χ1) is 11.7. The van der Waals surface area contributed by atoms with Crippen molar-refractivity contribution < 1.29 is 14.4 Å². The summed E-state index contributed by atoms with van der Waals surface area (Å²) < 4.78 is 0. The molecule has 0 aliphatic carbocycles. The van der Waals surface area contributed by atoms with Crippen molar-refractivity contribution in [1.82, 2.24) is 16.1 Å². The molecule has 1 aromatic carbocycles. The van der Waals surface area contributed by atoms with Crippen molar-refractivity contribution in [3.8, 4) is 0 Å². The van der Waals surface area contributed by atoms with Gasteiger partial charge >= 0.3 is 0 Å². The smallest absolute Gasteiger partial charge is 0.260 e. The van der Waals surface area contributed by atoms with Crippen LogP contribution < -0.4 is 27.2 Å². The normalized spacial score (nSPS) is 14.2. The van der Waals surface area contributed by atoms with Crippen molar-refractivity contribution in [1.29, 1.82) is 0 Å². The fraction of sp³-hybridized carbons (Fsp3) is 0.471. The second kappa shape index (κ2) is 9.63. The van der Waals surface area contributed by atoms with Crippen LogP contribution in [0.1, 0.15) is 27.7 Å². The summed E-state index contributed by atoms with van der Waals surface area (Å²) in [6.07, 6.45) is 0. The number of nitrogens with one attached hydrogen (secondary N) is 4. The first kappa shape index (κ1) is 20.4. The summed E-state index contributed by atoms with van der Waals surface area (Å²) in [5, 5.41) is 5.19. The molecule has 8 heteroatoms. The Morgan fingerprint density at radius 3 is 2.00 bits per heavy atom. The lowest BCUT2D eigenvalue weighted by Gasteiger charge is -2.24. The van der Waals surface area contributed by atoms with Crippen molar-refractivity contribution in [2.75, 3.05) is 5.43 Å². The number of rotatable bonds is 8. The van der Waals surface area contributed by atoms with Crippen LogP contribution in [0.2, 0.25) is 0 Å². The summed E-state index contributed by atoms with van der Waals surface area (Å²) in [5.41, 5.74) is 11.5. The lowest BCUT2D eigenvalue weighted by Crippen LogP contribution is -2.56. The maximum Gasteiger partial charge on any atom is 0.260 e. The van der Waals surface area contributed by atoms with E-state index >= 15 is 0 Å². The molecule has 0 radical (unpaired) electrons. The molecule has 0 unspecified atom stereocenters. The molecular weight excluding hydrogens is 322 g/mol. The van der Waals surface area contributed by atoms with E-state index in [9.17, 15) is 14.4 Å². The molecule has 0 aliphatic heterocycles. The zero-order valence-electron chi connectivity index (χ0n) is 15.0. The van der Waals surface area contributed by atoms with E-state index in [1.165, 1.54) is 6.92 Å². The summed E-state index contributed by atoms with van der Waals surface area (Å²) in [6.45, 7) is 6.70. The van der Waals surface area contributed by atoms with Crippen LogP contribution in [0, 0.1) is 5.92 Å². The number of nitrogens with two attached hydrogens (primary N) is 1. The van der Waals surface area contributed by atoms with Crippen molar-refractivity contribution in [3.05, 3.63) is 30.3 Å². The molecule has 1 rings (SSSR count). The molecule has 138 valence electrons. The zero-order chi connectivity index (χ0) is 19.0. The number of hydrogen-bond acceptors (Lipinski definition) is 5. The maximum atomic E-state index is 12.4. The molecular formula is C17H27N5O3. The van der Waals surface area contributed by atoms with Gasteiger partial charge in [-0.15, -0.1) is 0 Å². The van der Waals surface area contributed by atoms with Crippen molar-refractivity contribution in [3.63, 3.8) is 0 Å². The molecule has 0 bridgehead atoms. The number of hydrogen-bond donors (Lipinski definition) is 5. The molecule has 25 heavy (non-hydrogen) atoms. The van der Waals surface area contributed by atoms with Gasteiger partial charge in [-0.1, -0.05) is 32.0 Å². The van der Waals surface area contributed by atoms with Crippen LogP contribution in [-0.4, -0.2) is 35.8 Å². The molecule has 0 aliphatic rings. The number of para-hydroxylation sites is 1. The van der Waals surface area contributed by atoms with Crippen LogP contribution in [-0.2, 0) is 14.4 Å². The third-order valence-electron chi connectivity index (χ3n) is 3.52. The number of anilines is 1. The standard InChI is InChI=1S/C17H27N5O3/c1-10(2)14(20-15(23)11(3)18)17(25)19-12(4)16(24)22-21-13-8-6-5-7-9-13/h5-12,14,21H,18H2,1-4H3,(H,19,25)(H,20,23)(H,22,24)/t11-,12-,14-/m0/s1. The van der Waals surface area contributed by atoms with E-state index in [4.69, 9.17) is 5.73 Å². The van der Waals surface area contributed by atoms with E-state index < -0.39 is 35.8 Å². The number of carbonyl (C=O) groups is 3. The highest BCUT2D eigenvalue weighted by Crippen LogP contribution is 2.04. The summed E-state index contributed by atoms with van der Waals surface area (Å²) in [5.74, 6) is -1.42. The molecule has 0 spiro atoms. The van der Waals surface area contributed by atoms with Gasteiger partial charge in [0.25, 0.3) is 5.91 Å². The molecule has 8 nitrogen and oxygen atoms in total. The predicted molar refractivity (Wildman–Crippen MR) is 96.2 cm³/mol. The van der Waals surface area contributed by atoms with Gasteiger partial charge in [0.2, 0.25) is 11.8 Å². The Kier molecular flexibility index (Phi) is 7.87. The van der Waals surface area contributed by atoms with Gasteiger partial charge in [-0.3, -0.25) is 25.2 Å². The van der Waals surface area contributed by atoms with Crippen molar-refractivity contribution >= 4 is 23.4 Å². The maximum absolute atomic E-state index is 12.4. The molecule has 0 saturated heterocycles. The van der Waals surface area contributed by atoms with E-state index in [1.54, 1.807) is 32.9 Å². The van der Waals surface area contributed by atoms with E-state index in [2.05, 4.69) is 21.5 Å². The van der Waals surface area contributed by atoms with E-state index in [0.29, 0.717) is 0 Å². The Morgan fingerprint density at radius 1 is 0.880 bits per heavy atom. The quantitative estimate of drug-likeness (QED) is 0.426. The average molecular weight is 349 g/mol. The molecule has 0 heterocycles. The molecule has 1 aromatic rings. The summed E-state index contributed by atoms with van der Waals surface area (Å²) in [6, 6.07) is 6.84. The number of carbonyl (C=O) groups excluding carboxylic acids is 3. The van der Waals surface area contributed by atoms with Crippen molar-refractivity contribution in [2.24, 2.45) is 11.7 Å². The second-order valence-electron chi connectivity index (χ2n) is 6.23. The average Bonchev–Trinajstić information content (AvgIpc) is 2.57. The Balaban J connectivity index is 2.57. The molecule has 0 fully saturated rings. The van der Waals surface area contributed by atoms with Crippen LogP contribution in [0.4, 0.5) is 5.69 Å². The predicted octanol–water partition coefficient (Wildman–Crippen LogP) is 0.122. The Morgan fingerprint density at radius 2 is 1.48 bits per heavy atom. The lowest BCUT2D eigenvalue weighted by molar-refractivity contribution is -0.132. The molecule has 3 amide bonds. The van der Waals surface area contributed by atoms with Gasteiger partial charge in [-0.25, -0.2) is 0 Å². The highest BCUT2D eigenvalue weighted by Gasteiger charge is 2.27. The first-order valence-electron chi connectivity index (χ1n) is 8.19. The topological polar surface area (TPSA) is 125 Å². The lowest BCUT2D eigenvalue weighted by atomic mass is 10.0. The van der Waals surface area contributed by atoms with Crippen LogP contribution >= 0.6 is 0 Å². The van der Waals surface area contributed by atoms with Gasteiger partial charge < -0.3 is 16.4 Å². The fourth-order valence-electron chi connectivity index (χ4n) is 1.95. The van der Waals surface area contributed by atoms with Crippen LogP contribution in [0.5, 0.6) is 0 Å². The minimum Gasteiger partial charge on any atom is -0.343 e. The Labute approximate surface area is 147 Å². The van der Waals surface area contributed by atoms with Gasteiger partial charge in [0, 0.05) is 0 Å². The third-order valence-corrected chi connectivity index (χ3v) is 3.52. The highest BCUT2D eigenvalue weighted by molar-refractivity contribution is 5.93. The Hall–Kier alpha value is -2.61. The monoisotopic (exact) mass is 349 g/mol. The summed E-state index contributed by atoms with van der Waals surface area (Å²) >= 11 is 0. The summed E-state index contributed by atoms with van der Waals surface area (Å²) in [7, 11) is 0. The highest BCUT2D eigenvalue weighted by atomic mass is 16.2. The van der Waals surface area contributed by atoms with Crippen LogP contribution in [0.3, 0.4) is 0 Å². The van der Waals surface area contributed by atoms with Crippen LogP contribution in [0.15, 0.2) is 30.3 Å². The Bertz CT molecular complexity index is 589. The third kappa shape index (κ3) is 6.80. The van der Waals surface area contributed by atoms with Gasteiger partial charge in [-0.2, -0.15) is 0 Å². The minimum absolute atomic E-state index is 0.152. The van der Waals surface area contributed by atoms with E-state index in [0.717, 1.165) is 5.69 Å². The number of amides is 3. The molecule has 0 saturated carbocycles. The second-order valence-corrected chi connectivity index (χ2v) is 6.23. The minimum atomic E-state index is -0.780. The van der Waals surface area contributed by atoms with Crippen LogP contribution in [0.25, 0.3) is 0 Å². The molecule has 6 N–H and O–H groups in total. The van der Waals surface area contributed by atoms with Gasteiger partial charge in [0.1, 0.15) is 12.1 Å². The zero-order valence-corrected chi connectivity index (χ0v) is 15.0. The molecule has 0 aromatic heterocycles.